The molecule has 3 nitrogen and oxygen atoms in total. The zero-order valence-corrected chi connectivity index (χ0v) is 7.89. The number of halogens is 1. The quantitative estimate of drug-likeness (QED) is 0.430. The zero-order valence-electron chi connectivity index (χ0n) is 6.24. The highest BCUT2D eigenvalue weighted by Gasteiger charge is 2.21. The van der Waals surface area contributed by atoms with Crippen LogP contribution in [-0.2, 0) is 9.09 Å². The van der Waals surface area contributed by atoms with Crippen molar-refractivity contribution in [2.45, 2.75) is 12.5 Å². The molecule has 12 heavy (non-hydrogen) atoms. The van der Waals surface area contributed by atoms with E-state index in [1.807, 2.05) is 0 Å². The SMILES string of the molecule is C#CCC(C#C)OP(=O)(O)CCl. The van der Waals surface area contributed by atoms with Crippen LogP contribution in [-0.4, -0.2) is 16.6 Å². The molecule has 0 aliphatic carbocycles. The molecule has 0 aliphatic rings. The molecule has 5 heteroatoms. The van der Waals surface area contributed by atoms with Crippen LogP contribution in [0.25, 0.3) is 0 Å². The van der Waals surface area contributed by atoms with Gasteiger partial charge in [0, 0.05) is 6.42 Å². The summed E-state index contributed by atoms with van der Waals surface area (Å²) in [6.45, 7) is 0. The van der Waals surface area contributed by atoms with Crippen molar-refractivity contribution in [3.63, 3.8) is 0 Å². The third-order valence-corrected chi connectivity index (χ3v) is 2.72. The van der Waals surface area contributed by atoms with E-state index >= 15 is 0 Å². The van der Waals surface area contributed by atoms with Crippen LogP contribution >= 0.6 is 19.2 Å². The van der Waals surface area contributed by atoms with Crippen LogP contribution in [0.3, 0.4) is 0 Å². The number of rotatable bonds is 4. The highest BCUT2D eigenvalue weighted by molar-refractivity contribution is 7.54. The van der Waals surface area contributed by atoms with Gasteiger partial charge in [-0.15, -0.1) is 30.4 Å². The lowest BCUT2D eigenvalue weighted by molar-refractivity contribution is 0.225. The van der Waals surface area contributed by atoms with Gasteiger partial charge in [-0.2, -0.15) is 0 Å². The Morgan fingerprint density at radius 3 is 2.58 bits per heavy atom. The van der Waals surface area contributed by atoms with Crippen molar-refractivity contribution in [3.8, 4) is 24.7 Å². The Morgan fingerprint density at radius 1 is 1.67 bits per heavy atom. The van der Waals surface area contributed by atoms with Crippen molar-refractivity contribution in [3.05, 3.63) is 0 Å². The summed E-state index contributed by atoms with van der Waals surface area (Å²) in [5.74, 6) is 4.36. The standard InChI is InChI=1S/C7H8ClO3P/c1-3-5-7(4-2)11-12(9,10)6-8/h1-2,7H,5-6H2,(H,9,10). The maximum absolute atomic E-state index is 10.9. The molecule has 0 heterocycles. The zero-order chi connectivity index (χ0) is 9.61. The average molecular weight is 207 g/mol. The van der Waals surface area contributed by atoms with Gasteiger partial charge in [0.15, 0.2) is 0 Å². The fraction of sp³-hybridized carbons (Fsp3) is 0.429. The van der Waals surface area contributed by atoms with Gasteiger partial charge in [0.2, 0.25) is 0 Å². The monoisotopic (exact) mass is 206 g/mol. The van der Waals surface area contributed by atoms with E-state index < -0.39 is 19.3 Å². The lowest BCUT2D eigenvalue weighted by atomic mass is 10.3. The van der Waals surface area contributed by atoms with E-state index in [1.165, 1.54) is 0 Å². The molecule has 0 aromatic rings. The summed E-state index contributed by atoms with van der Waals surface area (Å²) in [4.78, 5) is 8.89. The third kappa shape index (κ3) is 4.44. The largest absolute Gasteiger partial charge is 0.343 e. The second-order valence-electron chi connectivity index (χ2n) is 1.93. The lowest BCUT2D eigenvalue weighted by Gasteiger charge is -2.12. The summed E-state index contributed by atoms with van der Waals surface area (Å²) in [6.07, 6.45) is 9.16. The Bertz CT molecular complexity index is 263. The molecule has 0 saturated heterocycles. The van der Waals surface area contributed by atoms with Crippen LogP contribution in [0, 0.1) is 24.7 Å². The summed E-state index contributed by atoms with van der Waals surface area (Å²) >= 11 is 5.14. The van der Waals surface area contributed by atoms with Crippen LogP contribution in [0.2, 0.25) is 0 Å². The van der Waals surface area contributed by atoms with Crippen LogP contribution in [0.4, 0.5) is 0 Å². The topological polar surface area (TPSA) is 46.5 Å². The minimum atomic E-state index is -3.75. The molecular weight excluding hydrogens is 199 g/mol. The maximum Gasteiger partial charge on any atom is 0.343 e. The maximum atomic E-state index is 10.9. The van der Waals surface area contributed by atoms with Gasteiger partial charge in [0.1, 0.15) is 11.7 Å². The first kappa shape index (κ1) is 11.6. The fourth-order valence-electron chi connectivity index (χ4n) is 0.461. The van der Waals surface area contributed by atoms with Gasteiger partial charge in [-0.25, -0.2) is 0 Å². The first-order valence-electron chi connectivity index (χ1n) is 3.01. The predicted octanol–water partition coefficient (Wildman–Crippen LogP) is 1.41. The Morgan fingerprint density at radius 2 is 2.25 bits per heavy atom. The normalized spacial score (nSPS) is 17.0. The van der Waals surface area contributed by atoms with Gasteiger partial charge in [0.25, 0.3) is 0 Å². The van der Waals surface area contributed by atoms with Crippen molar-refractivity contribution in [2.24, 2.45) is 0 Å². The third-order valence-electron chi connectivity index (χ3n) is 0.932. The summed E-state index contributed by atoms with van der Waals surface area (Å²) in [5, 5.41) is 0. The second kappa shape index (κ2) is 5.25. The Hall–Kier alpha value is -0.440. The van der Waals surface area contributed by atoms with Gasteiger partial charge < -0.3 is 4.89 Å². The summed E-state index contributed by atoms with van der Waals surface area (Å²) in [7, 11) is -3.75. The van der Waals surface area contributed by atoms with Crippen LogP contribution in [0.15, 0.2) is 0 Å². The molecule has 0 bridgehead atoms. The molecule has 0 spiro atoms. The minimum absolute atomic E-state index is 0.0952. The average Bonchev–Trinajstić information content (AvgIpc) is 2.03. The molecule has 2 atom stereocenters. The number of hydrogen-bond acceptors (Lipinski definition) is 2. The first-order valence-corrected chi connectivity index (χ1v) is 5.31. The van der Waals surface area contributed by atoms with Gasteiger partial charge >= 0.3 is 7.60 Å². The van der Waals surface area contributed by atoms with E-state index in [4.69, 9.17) is 29.3 Å². The number of hydrogen-bond donors (Lipinski definition) is 1. The van der Waals surface area contributed by atoms with E-state index in [-0.39, 0.29) is 6.42 Å². The molecule has 0 fully saturated rings. The highest BCUT2D eigenvalue weighted by Crippen LogP contribution is 2.44. The molecule has 66 valence electrons. The molecule has 0 aromatic heterocycles. The van der Waals surface area contributed by atoms with Gasteiger partial charge in [-0.3, -0.25) is 9.09 Å². The molecular formula is C7H8ClO3P. The Kier molecular flexibility index (Phi) is 5.06. The van der Waals surface area contributed by atoms with Crippen molar-refractivity contribution in [1.82, 2.24) is 0 Å². The summed E-state index contributed by atoms with van der Waals surface area (Å²) in [5.41, 5.74) is -0.490. The van der Waals surface area contributed by atoms with Gasteiger partial charge in [-0.05, 0) is 0 Å². The van der Waals surface area contributed by atoms with Gasteiger partial charge in [-0.1, -0.05) is 5.92 Å². The van der Waals surface area contributed by atoms with Crippen molar-refractivity contribution in [2.75, 3.05) is 5.62 Å². The van der Waals surface area contributed by atoms with Crippen molar-refractivity contribution < 1.29 is 14.0 Å². The van der Waals surface area contributed by atoms with E-state index in [1.54, 1.807) is 0 Å². The van der Waals surface area contributed by atoms with Gasteiger partial charge in [0.05, 0.1) is 0 Å². The second-order valence-corrected chi connectivity index (χ2v) is 4.37. The summed E-state index contributed by atoms with van der Waals surface area (Å²) < 4.78 is 15.4. The van der Waals surface area contributed by atoms with Crippen LogP contribution < -0.4 is 0 Å². The van der Waals surface area contributed by atoms with E-state index in [0.29, 0.717) is 0 Å². The van der Waals surface area contributed by atoms with E-state index in [9.17, 15) is 4.57 Å². The molecule has 0 saturated carbocycles. The van der Waals surface area contributed by atoms with Crippen molar-refractivity contribution >= 4 is 19.2 Å². The fourth-order valence-corrected chi connectivity index (χ4v) is 1.22. The Balaban J connectivity index is 4.16. The molecule has 0 aromatic carbocycles. The molecule has 0 radical (unpaired) electrons. The predicted molar refractivity (Wildman–Crippen MR) is 47.7 cm³/mol. The number of terminal acetylenes is 2. The first-order chi connectivity index (χ1) is 5.55. The molecule has 2 unspecified atom stereocenters. The minimum Gasteiger partial charge on any atom is -0.323 e. The van der Waals surface area contributed by atoms with E-state index in [2.05, 4.69) is 16.4 Å². The van der Waals surface area contributed by atoms with Crippen LogP contribution in [0.1, 0.15) is 6.42 Å². The Labute approximate surface area is 76.6 Å². The molecule has 0 rings (SSSR count). The van der Waals surface area contributed by atoms with Crippen LogP contribution in [0.5, 0.6) is 0 Å². The lowest BCUT2D eigenvalue weighted by Crippen LogP contribution is -2.07. The molecule has 0 aliphatic heterocycles. The van der Waals surface area contributed by atoms with Crippen molar-refractivity contribution in [1.29, 1.82) is 0 Å². The molecule has 1 N–H and O–H groups in total. The highest BCUT2D eigenvalue weighted by atomic mass is 35.5. The number of alkyl halides is 1. The van der Waals surface area contributed by atoms with E-state index in [0.717, 1.165) is 0 Å². The molecule has 0 amide bonds. The summed E-state index contributed by atoms with van der Waals surface area (Å²) in [6, 6.07) is 0. The smallest absolute Gasteiger partial charge is 0.323 e.